The Kier molecular flexibility index (Phi) is 7.39. The van der Waals surface area contributed by atoms with Gasteiger partial charge in [-0.1, -0.05) is 12.7 Å². The molecule has 1 N–H and O–H groups in total. The number of nitrogens with zero attached hydrogens (tertiary/aromatic N) is 4. The Morgan fingerprint density at radius 1 is 1.42 bits per heavy atom. The van der Waals surface area contributed by atoms with Crippen LogP contribution >= 0.6 is 0 Å². The third-order valence-electron chi connectivity index (χ3n) is 3.00. The predicted molar refractivity (Wildman–Crippen MR) is 94.8 cm³/mol. The van der Waals surface area contributed by atoms with Crippen molar-refractivity contribution in [1.29, 1.82) is 5.26 Å². The predicted octanol–water partition coefficient (Wildman–Crippen LogP) is 3.05. The second-order valence-corrected chi connectivity index (χ2v) is 4.36. The summed E-state index contributed by atoms with van der Waals surface area (Å²) in [6.07, 6.45) is 8.63. The number of allylic oxidation sites excluding steroid dienone is 3. The van der Waals surface area contributed by atoms with Crippen LogP contribution in [0.25, 0.3) is 17.0 Å². The number of pyridine rings is 1. The maximum Gasteiger partial charge on any atom is 0.253 e. The lowest BCUT2D eigenvalue weighted by atomic mass is 10.2. The van der Waals surface area contributed by atoms with Crippen molar-refractivity contribution >= 4 is 11.6 Å². The summed E-state index contributed by atoms with van der Waals surface area (Å²) in [5.74, 6) is -0.320. The van der Waals surface area contributed by atoms with Crippen molar-refractivity contribution in [2.45, 2.75) is 6.92 Å². The number of nitrogens with one attached hydrogen (secondary N) is 1. The minimum Gasteiger partial charge on any atom is -0.339 e. The number of hydrogen-bond donors (Lipinski definition) is 1. The number of hydrogen-bond acceptors (Lipinski definition) is 4. The fraction of sp³-hybridized carbons (Fsp3) is 0.111. The molecule has 0 spiro atoms. The molecule has 122 valence electrons. The quantitative estimate of drug-likeness (QED) is 0.521. The minimum absolute atomic E-state index is 0.0267. The van der Waals surface area contributed by atoms with Crippen molar-refractivity contribution < 1.29 is 4.79 Å². The molecule has 0 radical (unpaired) electrons. The SMILES string of the molecule is C=C.C=C/C(=C\C)n1cc(-c2ccc(C(=O)NCC#N)cn2)cn1. The Balaban J connectivity index is 0.00000139. The molecule has 0 saturated carbocycles. The molecule has 2 aromatic rings. The topological polar surface area (TPSA) is 83.6 Å². The molecule has 24 heavy (non-hydrogen) atoms. The van der Waals surface area contributed by atoms with Gasteiger partial charge in [0.1, 0.15) is 6.54 Å². The van der Waals surface area contributed by atoms with Gasteiger partial charge in [-0.15, -0.1) is 13.2 Å². The van der Waals surface area contributed by atoms with Crippen LogP contribution < -0.4 is 5.32 Å². The summed E-state index contributed by atoms with van der Waals surface area (Å²) < 4.78 is 1.71. The first-order valence-electron chi connectivity index (χ1n) is 7.15. The summed E-state index contributed by atoms with van der Waals surface area (Å²) in [7, 11) is 0. The number of aromatic nitrogens is 3. The highest BCUT2D eigenvalue weighted by atomic mass is 16.1. The summed E-state index contributed by atoms with van der Waals surface area (Å²) >= 11 is 0. The molecule has 0 aliphatic heterocycles. The van der Waals surface area contributed by atoms with Gasteiger partial charge in [0.15, 0.2) is 0 Å². The van der Waals surface area contributed by atoms with Crippen LogP contribution in [0.2, 0.25) is 0 Å². The van der Waals surface area contributed by atoms with Crippen LogP contribution in [0.1, 0.15) is 17.3 Å². The van der Waals surface area contributed by atoms with E-state index in [-0.39, 0.29) is 12.5 Å². The number of nitriles is 1. The fourth-order valence-corrected chi connectivity index (χ4v) is 1.86. The van der Waals surface area contributed by atoms with E-state index in [0.29, 0.717) is 11.3 Å². The third kappa shape index (κ3) is 4.52. The second kappa shape index (κ2) is 9.54. The van der Waals surface area contributed by atoms with E-state index in [9.17, 15) is 4.79 Å². The van der Waals surface area contributed by atoms with Crippen LogP contribution in [0, 0.1) is 11.3 Å². The smallest absolute Gasteiger partial charge is 0.253 e. The first-order chi connectivity index (χ1) is 11.7. The van der Waals surface area contributed by atoms with Crippen LogP contribution in [-0.4, -0.2) is 27.2 Å². The number of carbonyl (C=O) groups is 1. The van der Waals surface area contributed by atoms with E-state index in [1.807, 2.05) is 25.3 Å². The van der Waals surface area contributed by atoms with Crippen LogP contribution in [0.15, 0.2) is 62.6 Å². The summed E-state index contributed by atoms with van der Waals surface area (Å²) in [5.41, 5.74) is 2.83. The highest BCUT2D eigenvalue weighted by Crippen LogP contribution is 2.18. The first kappa shape index (κ1) is 18.6. The van der Waals surface area contributed by atoms with Crippen LogP contribution in [0.4, 0.5) is 0 Å². The lowest BCUT2D eigenvalue weighted by Crippen LogP contribution is -2.23. The average molecular weight is 321 g/mol. The number of carbonyl (C=O) groups excluding carboxylic acids is 1. The van der Waals surface area contributed by atoms with E-state index in [1.54, 1.807) is 29.1 Å². The normalized spacial score (nSPS) is 10.1. The molecule has 6 nitrogen and oxygen atoms in total. The van der Waals surface area contributed by atoms with E-state index in [1.165, 1.54) is 6.20 Å². The van der Waals surface area contributed by atoms with Gasteiger partial charge >= 0.3 is 0 Å². The maximum absolute atomic E-state index is 11.7. The highest BCUT2D eigenvalue weighted by molar-refractivity contribution is 5.94. The standard InChI is InChI=1S/C16H15N5O.C2H4/c1-3-14(4-2)21-11-13(10-20-21)15-6-5-12(9-19-15)16(22)18-8-7-17;1-2/h3-6,9-11H,1,8H2,2H3,(H,18,22);1-2H2/b14-4+;. The lowest BCUT2D eigenvalue weighted by Gasteiger charge is -2.02. The molecule has 0 saturated heterocycles. The highest BCUT2D eigenvalue weighted by Gasteiger charge is 2.08. The number of rotatable bonds is 5. The molecular weight excluding hydrogens is 302 g/mol. The molecule has 1 amide bonds. The summed E-state index contributed by atoms with van der Waals surface area (Å²) in [6, 6.07) is 5.26. The summed E-state index contributed by atoms with van der Waals surface area (Å²) in [4.78, 5) is 15.9. The van der Waals surface area contributed by atoms with Crippen molar-refractivity contribution in [2.75, 3.05) is 6.54 Å². The van der Waals surface area contributed by atoms with E-state index in [4.69, 9.17) is 5.26 Å². The third-order valence-corrected chi connectivity index (χ3v) is 3.00. The Hall–Kier alpha value is -3.46. The van der Waals surface area contributed by atoms with Crippen molar-refractivity contribution in [3.63, 3.8) is 0 Å². The van der Waals surface area contributed by atoms with Gasteiger partial charge in [0.05, 0.1) is 29.2 Å². The maximum atomic E-state index is 11.7. The molecule has 0 aliphatic carbocycles. The first-order valence-corrected chi connectivity index (χ1v) is 7.15. The van der Waals surface area contributed by atoms with E-state index < -0.39 is 0 Å². The van der Waals surface area contributed by atoms with Gasteiger partial charge in [0, 0.05) is 18.0 Å². The second-order valence-electron chi connectivity index (χ2n) is 4.36. The van der Waals surface area contributed by atoms with Gasteiger partial charge in [-0.05, 0) is 25.1 Å². The zero-order valence-corrected chi connectivity index (χ0v) is 13.6. The van der Waals surface area contributed by atoms with Crippen LogP contribution in [-0.2, 0) is 0 Å². The minimum atomic E-state index is -0.320. The largest absolute Gasteiger partial charge is 0.339 e. The molecule has 2 aromatic heterocycles. The van der Waals surface area contributed by atoms with Gasteiger partial charge in [-0.2, -0.15) is 10.4 Å². The number of amides is 1. The van der Waals surface area contributed by atoms with Crippen LogP contribution in [0.3, 0.4) is 0 Å². The molecule has 0 fully saturated rings. The van der Waals surface area contributed by atoms with E-state index in [2.05, 4.69) is 35.1 Å². The molecule has 0 aliphatic rings. The van der Waals surface area contributed by atoms with Crippen molar-refractivity contribution in [2.24, 2.45) is 0 Å². The van der Waals surface area contributed by atoms with E-state index in [0.717, 1.165) is 11.3 Å². The van der Waals surface area contributed by atoms with Crippen molar-refractivity contribution in [1.82, 2.24) is 20.1 Å². The Morgan fingerprint density at radius 3 is 2.71 bits per heavy atom. The molecule has 0 unspecified atom stereocenters. The Bertz CT molecular complexity index is 765. The van der Waals surface area contributed by atoms with Crippen molar-refractivity contribution in [3.05, 3.63) is 68.2 Å². The van der Waals surface area contributed by atoms with Gasteiger partial charge in [-0.25, -0.2) is 4.68 Å². The van der Waals surface area contributed by atoms with Gasteiger partial charge < -0.3 is 5.32 Å². The zero-order chi connectivity index (χ0) is 17.9. The van der Waals surface area contributed by atoms with Crippen molar-refractivity contribution in [3.8, 4) is 17.3 Å². The molecule has 6 heteroatoms. The Labute approximate surface area is 141 Å². The zero-order valence-electron chi connectivity index (χ0n) is 13.6. The summed E-state index contributed by atoms with van der Waals surface area (Å²) in [5, 5.41) is 15.2. The van der Waals surface area contributed by atoms with Gasteiger partial charge in [0.2, 0.25) is 0 Å². The monoisotopic (exact) mass is 321 g/mol. The van der Waals surface area contributed by atoms with Gasteiger partial charge in [0.25, 0.3) is 5.91 Å². The lowest BCUT2D eigenvalue weighted by molar-refractivity contribution is 0.0958. The molecule has 0 bridgehead atoms. The molecule has 2 rings (SSSR count). The fourth-order valence-electron chi connectivity index (χ4n) is 1.86. The average Bonchev–Trinajstić information content (AvgIpc) is 3.12. The van der Waals surface area contributed by atoms with E-state index >= 15 is 0 Å². The molecule has 0 atom stereocenters. The molecular formula is C18H19N5O. The summed E-state index contributed by atoms with van der Waals surface area (Å²) in [6.45, 7) is 11.6. The Morgan fingerprint density at radius 2 is 2.17 bits per heavy atom. The van der Waals surface area contributed by atoms with Crippen LogP contribution in [0.5, 0.6) is 0 Å². The van der Waals surface area contributed by atoms with Gasteiger partial charge in [-0.3, -0.25) is 9.78 Å². The molecule has 0 aromatic carbocycles. The molecule has 2 heterocycles.